The summed E-state index contributed by atoms with van der Waals surface area (Å²) in [6.07, 6.45) is 0.801. The zero-order chi connectivity index (χ0) is 18.4. The van der Waals surface area contributed by atoms with Gasteiger partial charge < -0.3 is 19.3 Å². The van der Waals surface area contributed by atoms with Gasteiger partial charge in [-0.3, -0.25) is 4.90 Å². The van der Waals surface area contributed by atoms with Gasteiger partial charge in [0.25, 0.3) is 0 Å². The maximum Gasteiger partial charge on any atom is 0.179 e. The molecular formula is C19H28ClNO4. The molecule has 6 heteroatoms. The Kier molecular flexibility index (Phi) is 5.22. The van der Waals surface area contributed by atoms with Crippen molar-refractivity contribution in [3.05, 3.63) is 22.2 Å². The Hall–Kier alpha value is -1.01. The molecule has 2 aliphatic rings. The topological polar surface area (TPSA) is 51.2 Å². The number of rotatable bonds is 3. The third-order valence-corrected chi connectivity index (χ3v) is 5.41. The third kappa shape index (κ3) is 3.61. The van der Waals surface area contributed by atoms with Gasteiger partial charge in [-0.15, -0.1) is 0 Å². The summed E-state index contributed by atoms with van der Waals surface area (Å²) in [5.41, 5.74) is 1.96. The second kappa shape index (κ2) is 6.95. The normalized spacial score (nSPS) is 26.8. The number of hydrogen-bond acceptors (Lipinski definition) is 5. The van der Waals surface area contributed by atoms with Crippen LogP contribution in [0.1, 0.15) is 44.4 Å². The van der Waals surface area contributed by atoms with Gasteiger partial charge in [0.1, 0.15) is 0 Å². The van der Waals surface area contributed by atoms with Crippen LogP contribution in [0.15, 0.2) is 6.07 Å². The summed E-state index contributed by atoms with van der Waals surface area (Å²) in [6.45, 7) is 7.68. The number of nitrogens with zero attached hydrogens (tertiary/aromatic N) is 1. The van der Waals surface area contributed by atoms with Crippen molar-refractivity contribution < 1.29 is 19.3 Å². The lowest BCUT2D eigenvalue weighted by molar-refractivity contribution is -0.149. The molecule has 1 aromatic carbocycles. The maximum atomic E-state index is 10.7. The van der Waals surface area contributed by atoms with Crippen LogP contribution in [0.4, 0.5) is 0 Å². The van der Waals surface area contributed by atoms with Gasteiger partial charge in [-0.2, -0.15) is 0 Å². The zero-order valence-electron chi connectivity index (χ0n) is 15.6. The summed E-state index contributed by atoms with van der Waals surface area (Å²) in [4.78, 5) is 2.38. The predicted molar refractivity (Wildman–Crippen MR) is 97.8 cm³/mol. The lowest BCUT2D eigenvalue weighted by Gasteiger charge is -2.47. The van der Waals surface area contributed by atoms with Crippen molar-refractivity contribution in [3.63, 3.8) is 0 Å². The number of piperidine rings is 1. The average molecular weight is 370 g/mol. The molecule has 0 amide bonds. The van der Waals surface area contributed by atoms with Crippen LogP contribution in [0.5, 0.6) is 11.5 Å². The van der Waals surface area contributed by atoms with E-state index in [1.54, 1.807) is 14.2 Å². The first-order valence-corrected chi connectivity index (χ1v) is 9.16. The molecule has 2 heterocycles. The van der Waals surface area contributed by atoms with Crippen molar-refractivity contribution in [2.45, 2.75) is 57.5 Å². The monoisotopic (exact) mass is 369 g/mol. The van der Waals surface area contributed by atoms with Crippen molar-refractivity contribution in [3.8, 4) is 11.5 Å². The van der Waals surface area contributed by atoms with Crippen LogP contribution in [0.25, 0.3) is 0 Å². The van der Waals surface area contributed by atoms with Crippen LogP contribution in [-0.2, 0) is 11.2 Å². The van der Waals surface area contributed by atoms with Gasteiger partial charge >= 0.3 is 0 Å². The quantitative estimate of drug-likeness (QED) is 0.886. The second-order valence-corrected chi connectivity index (χ2v) is 8.20. The van der Waals surface area contributed by atoms with Crippen molar-refractivity contribution in [2.75, 3.05) is 27.3 Å². The summed E-state index contributed by atoms with van der Waals surface area (Å²) in [5, 5.41) is 11.3. The molecule has 3 atom stereocenters. The van der Waals surface area contributed by atoms with Crippen LogP contribution in [0.3, 0.4) is 0 Å². The van der Waals surface area contributed by atoms with E-state index in [-0.39, 0.29) is 17.7 Å². The summed E-state index contributed by atoms with van der Waals surface area (Å²) >= 11 is 6.58. The zero-order valence-corrected chi connectivity index (χ0v) is 16.4. The van der Waals surface area contributed by atoms with Crippen molar-refractivity contribution in [1.82, 2.24) is 4.90 Å². The molecule has 0 bridgehead atoms. The number of methoxy groups -OCH3 is 2. The number of benzene rings is 1. The minimum absolute atomic E-state index is 0.121. The van der Waals surface area contributed by atoms with Crippen LogP contribution in [-0.4, -0.2) is 55.1 Å². The molecule has 0 radical (unpaired) electrons. The fourth-order valence-electron chi connectivity index (χ4n) is 3.96. The lowest BCUT2D eigenvalue weighted by atomic mass is 9.84. The summed E-state index contributed by atoms with van der Waals surface area (Å²) in [7, 11) is 3.22. The molecule has 2 aliphatic heterocycles. The first-order chi connectivity index (χ1) is 11.7. The Morgan fingerprint density at radius 2 is 1.96 bits per heavy atom. The summed E-state index contributed by atoms with van der Waals surface area (Å²) < 4.78 is 17.0. The van der Waals surface area contributed by atoms with Crippen LogP contribution < -0.4 is 9.47 Å². The fourth-order valence-corrected chi connectivity index (χ4v) is 4.34. The molecule has 25 heavy (non-hydrogen) atoms. The molecule has 1 saturated heterocycles. The molecule has 1 N–H and O–H groups in total. The molecule has 1 fully saturated rings. The number of halogens is 1. The highest BCUT2D eigenvalue weighted by atomic mass is 35.5. The smallest absolute Gasteiger partial charge is 0.179 e. The number of aliphatic hydroxyl groups excluding tert-OH is 1. The largest absolute Gasteiger partial charge is 0.493 e. The Morgan fingerprint density at radius 1 is 1.24 bits per heavy atom. The predicted octanol–water partition coefficient (Wildman–Crippen LogP) is 3.20. The maximum absolute atomic E-state index is 10.7. The average Bonchev–Trinajstić information content (AvgIpc) is 2.54. The summed E-state index contributed by atoms with van der Waals surface area (Å²) in [5.74, 6) is 1.22. The van der Waals surface area contributed by atoms with Gasteiger partial charge in [0, 0.05) is 19.1 Å². The third-order valence-electron chi connectivity index (χ3n) is 5.01. The highest BCUT2D eigenvalue weighted by molar-refractivity contribution is 6.33. The molecular weight excluding hydrogens is 342 g/mol. The fraction of sp³-hybridized carbons (Fsp3) is 0.684. The van der Waals surface area contributed by atoms with Crippen molar-refractivity contribution in [2.24, 2.45) is 0 Å². The van der Waals surface area contributed by atoms with Crippen LogP contribution in [0, 0.1) is 0 Å². The highest BCUT2D eigenvalue weighted by Crippen LogP contribution is 2.47. The Labute approximate surface area is 154 Å². The summed E-state index contributed by atoms with van der Waals surface area (Å²) in [6, 6.07) is 2.13. The van der Waals surface area contributed by atoms with Gasteiger partial charge in [0.05, 0.1) is 37.1 Å². The van der Waals surface area contributed by atoms with E-state index < -0.39 is 6.10 Å². The molecule has 1 aromatic rings. The number of fused-ring (bicyclic) bond motifs is 3. The molecule has 0 saturated carbocycles. The van der Waals surface area contributed by atoms with E-state index in [1.807, 2.05) is 26.8 Å². The van der Waals surface area contributed by atoms with Crippen molar-refractivity contribution >= 4 is 11.6 Å². The standard InChI is InChI=1S/C19H28ClNO4/c1-19(2,3)25-16-10-21-7-6-11-12(13(21)9-14(16)22)8-15(23-4)18(24-5)17(11)20/h8,13-14,16,22H,6-7,9-10H2,1-5H3/t13-,14-,16-/m1/s1. The number of ether oxygens (including phenoxy) is 3. The van der Waals surface area contributed by atoms with E-state index in [0.717, 1.165) is 24.1 Å². The van der Waals surface area contributed by atoms with Crippen LogP contribution in [0.2, 0.25) is 5.02 Å². The van der Waals surface area contributed by atoms with E-state index >= 15 is 0 Å². The second-order valence-electron chi connectivity index (χ2n) is 7.83. The van der Waals surface area contributed by atoms with Gasteiger partial charge in [0.15, 0.2) is 11.5 Å². The Balaban J connectivity index is 1.92. The molecule has 5 nitrogen and oxygen atoms in total. The lowest BCUT2D eigenvalue weighted by Crippen LogP contribution is -2.53. The molecule has 0 aliphatic carbocycles. The van der Waals surface area contributed by atoms with E-state index in [9.17, 15) is 5.11 Å². The van der Waals surface area contributed by atoms with Gasteiger partial charge in [0.2, 0.25) is 0 Å². The van der Waals surface area contributed by atoms with Gasteiger partial charge in [-0.1, -0.05) is 11.6 Å². The SMILES string of the molecule is COc1cc2c(c(Cl)c1OC)CCN1C[C@@H](OC(C)(C)C)[C@H](O)C[C@H]21. The van der Waals surface area contributed by atoms with Crippen molar-refractivity contribution in [1.29, 1.82) is 0 Å². The Morgan fingerprint density at radius 3 is 2.56 bits per heavy atom. The van der Waals surface area contributed by atoms with E-state index in [1.165, 1.54) is 0 Å². The van der Waals surface area contributed by atoms with Gasteiger partial charge in [-0.25, -0.2) is 0 Å². The van der Waals surface area contributed by atoms with E-state index in [0.29, 0.717) is 29.5 Å². The number of hydrogen-bond donors (Lipinski definition) is 1. The van der Waals surface area contributed by atoms with Gasteiger partial charge in [-0.05, 0) is 50.8 Å². The molecule has 3 rings (SSSR count). The first-order valence-electron chi connectivity index (χ1n) is 8.78. The number of aliphatic hydroxyl groups is 1. The highest BCUT2D eigenvalue weighted by Gasteiger charge is 2.41. The minimum atomic E-state index is -0.502. The Bertz CT molecular complexity index is 643. The first kappa shape index (κ1) is 18.8. The molecule has 0 unspecified atom stereocenters. The molecule has 140 valence electrons. The van der Waals surface area contributed by atoms with Crippen LogP contribution >= 0.6 is 11.6 Å². The minimum Gasteiger partial charge on any atom is -0.493 e. The van der Waals surface area contributed by atoms with E-state index in [4.69, 9.17) is 25.8 Å². The molecule has 0 aromatic heterocycles. The molecule has 0 spiro atoms. The van der Waals surface area contributed by atoms with E-state index in [2.05, 4.69) is 4.90 Å².